The van der Waals surface area contributed by atoms with Crippen molar-refractivity contribution >= 4 is 17.7 Å². The Hall–Kier alpha value is -2.55. The van der Waals surface area contributed by atoms with Crippen LogP contribution in [0.4, 0.5) is 0 Å². The summed E-state index contributed by atoms with van der Waals surface area (Å²) < 4.78 is 16.9. The molecule has 0 aliphatic rings. The number of hydrogen-bond donors (Lipinski definition) is 0. The maximum atomic E-state index is 11.3. The van der Waals surface area contributed by atoms with E-state index >= 15 is 0 Å². The van der Waals surface area contributed by atoms with Crippen molar-refractivity contribution < 1.29 is 18.4 Å². The topological polar surface area (TPSA) is 96.2 Å². The lowest BCUT2D eigenvalue weighted by atomic mass is 10.4. The van der Waals surface area contributed by atoms with E-state index in [1.807, 2.05) is 12.1 Å². The van der Waals surface area contributed by atoms with Gasteiger partial charge in [-0.1, -0.05) is 11.8 Å². The standard InChI is InChI=1S/C13H12N4O4S/c1-19-12(18)11-5-4-10(21-11)8-22-13-14-15-16-17(13)7-9-3-2-6-20-9/h2-6H,7-8H2,1H3. The van der Waals surface area contributed by atoms with Crippen LogP contribution in [0.1, 0.15) is 22.1 Å². The van der Waals surface area contributed by atoms with Crippen LogP contribution in [0.3, 0.4) is 0 Å². The lowest BCUT2D eigenvalue weighted by Gasteiger charge is -2.01. The maximum absolute atomic E-state index is 11.3. The largest absolute Gasteiger partial charge is 0.467 e. The van der Waals surface area contributed by atoms with Gasteiger partial charge in [-0.05, 0) is 34.7 Å². The highest BCUT2D eigenvalue weighted by atomic mass is 32.2. The third kappa shape index (κ3) is 3.19. The van der Waals surface area contributed by atoms with Crippen molar-refractivity contribution in [3.8, 4) is 0 Å². The molecule has 3 aromatic rings. The first-order valence-electron chi connectivity index (χ1n) is 6.34. The van der Waals surface area contributed by atoms with Gasteiger partial charge in [0.05, 0.1) is 19.1 Å². The van der Waals surface area contributed by atoms with Gasteiger partial charge in [0.25, 0.3) is 0 Å². The highest BCUT2D eigenvalue weighted by Crippen LogP contribution is 2.22. The summed E-state index contributed by atoms with van der Waals surface area (Å²) in [7, 11) is 1.31. The molecular formula is C13H12N4O4S. The van der Waals surface area contributed by atoms with Crippen LogP contribution in [-0.4, -0.2) is 33.3 Å². The number of rotatable bonds is 6. The van der Waals surface area contributed by atoms with Gasteiger partial charge < -0.3 is 13.6 Å². The molecule has 0 saturated heterocycles. The number of aromatic nitrogens is 4. The van der Waals surface area contributed by atoms with Crippen LogP contribution in [0.25, 0.3) is 0 Å². The fraction of sp³-hybridized carbons (Fsp3) is 0.231. The van der Waals surface area contributed by atoms with Gasteiger partial charge in [-0.3, -0.25) is 0 Å². The van der Waals surface area contributed by atoms with Crippen molar-refractivity contribution in [2.75, 3.05) is 7.11 Å². The minimum absolute atomic E-state index is 0.174. The smallest absolute Gasteiger partial charge is 0.373 e. The van der Waals surface area contributed by atoms with Crippen LogP contribution in [0.5, 0.6) is 0 Å². The molecule has 8 nitrogen and oxygen atoms in total. The monoisotopic (exact) mass is 320 g/mol. The quantitative estimate of drug-likeness (QED) is 0.502. The fourth-order valence-corrected chi connectivity index (χ4v) is 2.52. The van der Waals surface area contributed by atoms with E-state index < -0.39 is 5.97 Å². The second kappa shape index (κ2) is 6.48. The Balaban J connectivity index is 1.63. The first kappa shape index (κ1) is 14.4. The SMILES string of the molecule is COC(=O)c1ccc(CSc2nnnn2Cc2ccco2)o1. The normalized spacial score (nSPS) is 10.8. The van der Waals surface area contributed by atoms with Gasteiger partial charge >= 0.3 is 5.97 Å². The third-order valence-corrected chi connectivity index (χ3v) is 3.76. The van der Waals surface area contributed by atoms with E-state index in [2.05, 4.69) is 20.3 Å². The van der Waals surface area contributed by atoms with E-state index in [-0.39, 0.29) is 5.76 Å². The summed E-state index contributed by atoms with van der Waals surface area (Å²) in [5.41, 5.74) is 0. The Labute approximate surface area is 129 Å². The van der Waals surface area contributed by atoms with Crippen LogP contribution in [-0.2, 0) is 17.0 Å². The number of furan rings is 2. The molecule has 0 spiro atoms. The summed E-state index contributed by atoms with van der Waals surface area (Å²) in [6.07, 6.45) is 1.60. The number of tetrazole rings is 1. The zero-order chi connectivity index (χ0) is 15.4. The summed E-state index contributed by atoms with van der Waals surface area (Å²) >= 11 is 1.40. The minimum atomic E-state index is -0.501. The molecule has 22 heavy (non-hydrogen) atoms. The van der Waals surface area contributed by atoms with Gasteiger partial charge in [0, 0.05) is 0 Å². The molecule has 0 radical (unpaired) electrons. The molecule has 9 heteroatoms. The van der Waals surface area contributed by atoms with E-state index in [1.54, 1.807) is 23.1 Å². The molecule has 0 saturated carbocycles. The van der Waals surface area contributed by atoms with Gasteiger partial charge in [0.1, 0.15) is 18.1 Å². The lowest BCUT2D eigenvalue weighted by molar-refractivity contribution is 0.0563. The fourth-order valence-electron chi connectivity index (χ4n) is 1.75. The number of ether oxygens (including phenoxy) is 1. The van der Waals surface area contributed by atoms with Crippen molar-refractivity contribution in [3.05, 3.63) is 47.8 Å². The number of esters is 1. The molecular weight excluding hydrogens is 308 g/mol. The molecule has 0 fully saturated rings. The molecule has 3 heterocycles. The zero-order valence-electron chi connectivity index (χ0n) is 11.6. The van der Waals surface area contributed by atoms with Crippen LogP contribution in [0, 0.1) is 0 Å². The van der Waals surface area contributed by atoms with Gasteiger partial charge in [-0.25, -0.2) is 9.48 Å². The van der Waals surface area contributed by atoms with Crippen LogP contribution in [0.2, 0.25) is 0 Å². The van der Waals surface area contributed by atoms with E-state index in [0.717, 1.165) is 5.76 Å². The first-order chi connectivity index (χ1) is 10.8. The third-order valence-electron chi connectivity index (χ3n) is 2.78. The molecule has 0 amide bonds. The number of hydrogen-bond acceptors (Lipinski definition) is 8. The van der Waals surface area contributed by atoms with Crippen LogP contribution >= 0.6 is 11.8 Å². The number of carbonyl (C=O) groups is 1. The molecule has 0 N–H and O–H groups in total. The predicted molar refractivity (Wildman–Crippen MR) is 75.2 cm³/mol. The summed E-state index contributed by atoms with van der Waals surface area (Å²) in [6, 6.07) is 6.96. The average molecular weight is 320 g/mol. The summed E-state index contributed by atoms with van der Waals surface area (Å²) in [6.45, 7) is 0.452. The number of carbonyl (C=O) groups excluding carboxylic acids is 1. The molecule has 0 bridgehead atoms. The Bertz CT molecular complexity index is 750. The van der Waals surface area contributed by atoms with Crippen molar-refractivity contribution in [1.29, 1.82) is 0 Å². The van der Waals surface area contributed by atoms with Crippen LogP contribution < -0.4 is 0 Å². The summed E-state index contributed by atoms with van der Waals surface area (Å²) in [4.78, 5) is 11.3. The Morgan fingerprint density at radius 2 is 2.27 bits per heavy atom. The van der Waals surface area contributed by atoms with Gasteiger partial charge in [-0.15, -0.1) is 5.10 Å². The Kier molecular flexibility index (Phi) is 4.24. The molecule has 0 aliphatic carbocycles. The molecule has 3 aromatic heterocycles. The Morgan fingerprint density at radius 1 is 1.36 bits per heavy atom. The van der Waals surface area contributed by atoms with Crippen molar-refractivity contribution in [1.82, 2.24) is 20.2 Å². The molecule has 0 atom stereocenters. The van der Waals surface area contributed by atoms with E-state index in [9.17, 15) is 4.79 Å². The summed E-state index contributed by atoms with van der Waals surface area (Å²) in [5, 5.41) is 12.2. The lowest BCUT2D eigenvalue weighted by Crippen LogP contribution is -2.03. The van der Waals surface area contributed by atoms with Gasteiger partial charge in [0.15, 0.2) is 0 Å². The highest BCUT2D eigenvalue weighted by molar-refractivity contribution is 7.98. The maximum Gasteiger partial charge on any atom is 0.373 e. The van der Waals surface area contributed by atoms with Gasteiger partial charge in [-0.2, -0.15) is 0 Å². The second-order valence-electron chi connectivity index (χ2n) is 4.24. The van der Waals surface area contributed by atoms with Crippen LogP contribution in [0.15, 0.2) is 44.5 Å². The molecule has 114 valence electrons. The number of nitrogens with zero attached hydrogens (tertiary/aromatic N) is 4. The molecule has 0 aliphatic heterocycles. The highest BCUT2D eigenvalue weighted by Gasteiger charge is 2.13. The number of methoxy groups -OCH3 is 1. The van der Waals surface area contributed by atoms with E-state index in [4.69, 9.17) is 8.83 Å². The molecule has 3 rings (SSSR count). The van der Waals surface area contributed by atoms with Crippen molar-refractivity contribution in [3.63, 3.8) is 0 Å². The summed E-state index contributed by atoms with van der Waals surface area (Å²) in [5.74, 6) is 1.57. The molecule has 0 unspecified atom stereocenters. The van der Waals surface area contributed by atoms with Crippen molar-refractivity contribution in [2.45, 2.75) is 17.5 Å². The number of thioether (sulfide) groups is 1. The first-order valence-corrected chi connectivity index (χ1v) is 7.33. The Morgan fingerprint density at radius 3 is 3.05 bits per heavy atom. The van der Waals surface area contributed by atoms with Gasteiger partial charge in [0.2, 0.25) is 10.9 Å². The second-order valence-corrected chi connectivity index (χ2v) is 5.19. The average Bonchev–Trinajstić information content (AvgIpc) is 3.27. The van der Waals surface area contributed by atoms with E-state index in [1.165, 1.54) is 18.9 Å². The molecule has 0 aromatic carbocycles. The van der Waals surface area contributed by atoms with Crippen molar-refractivity contribution in [2.24, 2.45) is 0 Å². The minimum Gasteiger partial charge on any atom is -0.467 e. The van der Waals surface area contributed by atoms with E-state index in [0.29, 0.717) is 23.2 Å². The zero-order valence-corrected chi connectivity index (χ0v) is 12.4. The predicted octanol–water partition coefficient (Wildman–Crippen LogP) is 1.99.